The monoisotopic (exact) mass is 329 g/mol. The van der Waals surface area contributed by atoms with E-state index >= 15 is 0 Å². The molecule has 0 saturated carbocycles. The molecular formula is C14H19NO6S. The van der Waals surface area contributed by atoms with Gasteiger partial charge < -0.3 is 14.6 Å². The van der Waals surface area contributed by atoms with E-state index in [0.717, 1.165) is 6.26 Å². The molecule has 2 atom stereocenters. The maximum absolute atomic E-state index is 11.7. The van der Waals surface area contributed by atoms with Crippen LogP contribution >= 0.6 is 0 Å². The lowest BCUT2D eigenvalue weighted by atomic mass is 9.88. The number of para-hydroxylation sites is 1. The fourth-order valence-corrected chi connectivity index (χ4v) is 3.67. The number of nitrogens with zero attached hydrogens (tertiary/aromatic N) is 1. The molecule has 8 heteroatoms. The largest absolute Gasteiger partial charge is 0.493 e. The zero-order valence-corrected chi connectivity index (χ0v) is 13.5. The topological polar surface area (TPSA) is 93.1 Å². The Morgan fingerprint density at radius 3 is 2.45 bits per heavy atom. The van der Waals surface area contributed by atoms with Crippen LogP contribution in [0.1, 0.15) is 11.5 Å². The summed E-state index contributed by atoms with van der Waals surface area (Å²) in [5.74, 6) is -1.41. The van der Waals surface area contributed by atoms with Crippen LogP contribution in [0.15, 0.2) is 18.2 Å². The Bertz CT molecular complexity index is 672. The third kappa shape index (κ3) is 3.02. The van der Waals surface area contributed by atoms with Crippen molar-refractivity contribution in [3.8, 4) is 11.5 Å². The van der Waals surface area contributed by atoms with Crippen molar-refractivity contribution in [1.82, 2.24) is 4.31 Å². The highest BCUT2D eigenvalue weighted by Gasteiger charge is 2.43. The molecule has 1 aromatic carbocycles. The second-order valence-electron chi connectivity index (χ2n) is 5.21. The van der Waals surface area contributed by atoms with Crippen molar-refractivity contribution < 1.29 is 27.8 Å². The van der Waals surface area contributed by atoms with Gasteiger partial charge in [-0.2, -0.15) is 0 Å². The molecule has 22 heavy (non-hydrogen) atoms. The van der Waals surface area contributed by atoms with Gasteiger partial charge in [-0.25, -0.2) is 12.7 Å². The third-order valence-electron chi connectivity index (χ3n) is 3.91. The van der Waals surface area contributed by atoms with Crippen LogP contribution in [0, 0.1) is 5.92 Å². The van der Waals surface area contributed by atoms with Crippen LogP contribution in [0.5, 0.6) is 11.5 Å². The van der Waals surface area contributed by atoms with Gasteiger partial charge in [-0.05, 0) is 6.07 Å². The summed E-state index contributed by atoms with van der Waals surface area (Å²) in [6.45, 7) is 0.0680. The van der Waals surface area contributed by atoms with Gasteiger partial charge in [0, 0.05) is 24.6 Å². The first kappa shape index (κ1) is 16.6. The van der Waals surface area contributed by atoms with E-state index in [9.17, 15) is 18.3 Å². The zero-order chi connectivity index (χ0) is 16.5. The lowest BCUT2D eigenvalue weighted by Gasteiger charge is -2.19. The summed E-state index contributed by atoms with van der Waals surface area (Å²) in [4.78, 5) is 11.5. The van der Waals surface area contributed by atoms with Crippen LogP contribution in [-0.2, 0) is 14.8 Å². The molecule has 1 saturated heterocycles. The van der Waals surface area contributed by atoms with E-state index in [1.807, 2.05) is 0 Å². The molecule has 1 N–H and O–H groups in total. The Hall–Kier alpha value is -1.80. The van der Waals surface area contributed by atoms with Crippen molar-refractivity contribution >= 4 is 16.0 Å². The van der Waals surface area contributed by atoms with Crippen molar-refractivity contribution in [1.29, 1.82) is 0 Å². The summed E-state index contributed by atoms with van der Waals surface area (Å²) in [7, 11) is -0.481. The minimum atomic E-state index is -3.45. The van der Waals surface area contributed by atoms with E-state index in [2.05, 4.69) is 0 Å². The molecule has 0 aromatic heterocycles. The highest BCUT2D eigenvalue weighted by molar-refractivity contribution is 7.88. The summed E-state index contributed by atoms with van der Waals surface area (Å²) in [6, 6.07) is 5.19. The SMILES string of the molecule is COc1cccc([C@H]2CN(S(C)(=O)=O)C[C@@H]2C(=O)O)c1OC. The Balaban J connectivity index is 2.48. The van der Waals surface area contributed by atoms with Crippen LogP contribution in [0.3, 0.4) is 0 Å². The maximum Gasteiger partial charge on any atom is 0.308 e. The quantitative estimate of drug-likeness (QED) is 0.857. The Morgan fingerprint density at radius 1 is 1.27 bits per heavy atom. The second kappa shape index (κ2) is 6.13. The molecule has 1 heterocycles. The van der Waals surface area contributed by atoms with Gasteiger partial charge >= 0.3 is 5.97 Å². The van der Waals surface area contributed by atoms with Gasteiger partial charge in [0.2, 0.25) is 10.0 Å². The van der Waals surface area contributed by atoms with Crippen LogP contribution in [0.2, 0.25) is 0 Å². The molecule has 0 aliphatic carbocycles. The van der Waals surface area contributed by atoms with Gasteiger partial charge in [0.1, 0.15) is 0 Å². The Labute approximate surface area is 129 Å². The Kier molecular flexibility index (Phi) is 4.62. The normalized spacial score (nSPS) is 22.5. The van der Waals surface area contributed by atoms with Crippen molar-refractivity contribution in [3.05, 3.63) is 23.8 Å². The summed E-state index contributed by atoms with van der Waals surface area (Å²) in [6.07, 6.45) is 1.08. The number of aliphatic carboxylic acids is 1. The van der Waals surface area contributed by atoms with Crippen LogP contribution in [-0.4, -0.2) is 57.4 Å². The molecule has 2 rings (SSSR count). The molecule has 7 nitrogen and oxygen atoms in total. The van der Waals surface area contributed by atoms with Crippen molar-refractivity contribution in [2.45, 2.75) is 5.92 Å². The molecule has 0 bridgehead atoms. The zero-order valence-electron chi connectivity index (χ0n) is 12.6. The number of carboxylic acid groups (broad SMARTS) is 1. The lowest BCUT2D eigenvalue weighted by Crippen LogP contribution is -2.28. The van der Waals surface area contributed by atoms with Crippen molar-refractivity contribution in [3.63, 3.8) is 0 Å². The van der Waals surface area contributed by atoms with Gasteiger partial charge in [-0.15, -0.1) is 0 Å². The average Bonchev–Trinajstić information content (AvgIpc) is 2.91. The number of benzene rings is 1. The van der Waals surface area contributed by atoms with Gasteiger partial charge in [0.15, 0.2) is 11.5 Å². The van der Waals surface area contributed by atoms with Gasteiger partial charge in [0.25, 0.3) is 0 Å². The Morgan fingerprint density at radius 2 is 1.95 bits per heavy atom. The van der Waals surface area contributed by atoms with E-state index < -0.39 is 27.8 Å². The first-order valence-corrected chi connectivity index (χ1v) is 8.53. The molecule has 1 aromatic rings. The lowest BCUT2D eigenvalue weighted by molar-refractivity contribution is -0.141. The van der Waals surface area contributed by atoms with Crippen molar-refractivity contribution in [2.24, 2.45) is 5.92 Å². The molecule has 0 spiro atoms. The fraction of sp³-hybridized carbons (Fsp3) is 0.500. The van der Waals surface area contributed by atoms with Crippen LogP contribution < -0.4 is 9.47 Å². The van der Waals surface area contributed by atoms with Gasteiger partial charge in [-0.1, -0.05) is 12.1 Å². The summed E-state index contributed by atoms with van der Waals surface area (Å²) < 4.78 is 35.2. The highest BCUT2D eigenvalue weighted by atomic mass is 32.2. The molecule has 0 unspecified atom stereocenters. The van der Waals surface area contributed by atoms with E-state index in [-0.39, 0.29) is 13.1 Å². The minimum absolute atomic E-state index is 0.0425. The molecule has 0 radical (unpaired) electrons. The van der Waals surface area contributed by atoms with E-state index in [1.54, 1.807) is 18.2 Å². The third-order valence-corrected chi connectivity index (χ3v) is 5.14. The minimum Gasteiger partial charge on any atom is -0.493 e. The van der Waals surface area contributed by atoms with Crippen LogP contribution in [0.4, 0.5) is 0 Å². The molecule has 1 aliphatic rings. The first-order chi connectivity index (χ1) is 10.3. The fourth-order valence-electron chi connectivity index (χ4n) is 2.81. The van der Waals surface area contributed by atoms with Gasteiger partial charge in [0.05, 0.1) is 26.4 Å². The molecule has 122 valence electrons. The number of carboxylic acids is 1. The standard InChI is InChI=1S/C14H19NO6S/c1-20-12-6-4-5-9(13(12)21-2)10-7-15(22(3,18)19)8-11(10)14(16)17/h4-6,10-11H,7-8H2,1-3H3,(H,16,17)/t10-,11+/m1/s1. The van der Waals surface area contributed by atoms with E-state index in [1.165, 1.54) is 18.5 Å². The molecule has 0 amide bonds. The predicted octanol–water partition coefficient (Wildman–Crippen LogP) is 0.763. The number of carbonyl (C=O) groups is 1. The summed E-state index contributed by atoms with van der Waals surface area (Å²) in [5, 5.41) is 9.43. The average molecular weight is 329 g/mol. The maximum atomic E-state index is 11.7. The number of rotatable bonds is 5. The number of hydrogen-bond donors (Lipinski definition) is 1. The first-order valence-electron chi connectivity index (χ1n) is 6.68. The summed E-state index contributed by atoms with van der Waals surface area (Å²) >= 11 is 0. The number of hydrogen-bond acceptors (Lipinski definition) is 5. The second-order valence-corrected chi connectivity index (χ2v) is 7.20. The smallest absolute Gasteiger partial charge is 0.308 e. The van der Waals surface area contributed by atoms with E-state index in [0.29, 0.717) is 17.1 Å². The van der Waals surface area contributed by atoms with Crippen molar-refractivity contribution in [2.75, 3.05) is 33.6 Å². The summed E-state index contributed by atoms with van der Waals surface area (Å²) in [5.41, 5.74) is 0.639. The highest BCUT2D eigenvalue weighted by Crippen LogP contribution is 2.42. The molecule has 1 aliphatic heterocycles. The predicted molar refractivity (Wildman–Crippen MR) is 79.8 cm³/mol. The molecule has 1 fully saturated rings. The van der Waals surface area contributed by atoms with Crippen LogP contribution in [0.25, 0.3) is 0 Å². The number of sulfonamides is 1. The number of ether oxygens (including phenoxy) is 2. The number of methoxy groups -OCH3 is 2. The van der Waals surface area contributed by atoms with Gasteiger partial charge in [-0.3, -0.25) is 4.79 Å². The molecular weight excluding hydrogens is 310 g/mol. The van der Waals surface area contributed by atoms with E-state index in [4.69, 9.17) is 9.47 Å².